The summed E-state index contributed by atoms with van der Waals surface area (Å²) in [5.41, 5.74) is 2.33. The number of rotatable bonds is 3. The van der Waals surface area contributed by atoms with Gasteiger partial charge in [-0.3, -0.25) is 4.79 Å². The number of Topliss-reactive ketones (excluding diaryl/α,β-unsaturated/α-hetero) is 1. The van der Waals surface area contributed by atoms with E-state index < -0.39 is 0 Å². The maximum atomic E-state index is 12.6. The Labute approximate surface area is 138 Å². The van der Waals surface area contributed by atoms with Crippen LogP contribution in [0.15, 0.2) is 48.4 Å². The van der Waals surface area contributed by atoms with Crippen LogP contribution in [0.3, 0.4) is 0 Å². The number of aromatic nitrogens is 1. The molecule has 0 aliphatic carbocycles. The smallest absolute Gasteiger partial charge is 0.232 e. The molecule has 0 saturated carbocycles. The zero-order valence-electron chi connectivity index (χ0n) is 13.3. The van der Waals surface area contributed by atoms with Crippen LogP contribution in [0.2, 0.25) is 0 Å². The van der Waals surface area contributed by atoms with Crippen molar-refractivity contribution in [3.8, 4) is 17.2 Å². The molecule has 5 heteroatoms. The maximum absolute atomic E-state index is 12.6. The lowest BCUT2D eigenvalue weighted by Gasteiger charge is -2.04. The van der Waals surface area contributed by atoms with Crippen LogP contribution in [-0.4, -0.2) is 25.0 Å². The summed E-state index contributed by atoms with van der Waals surface area (Å²) < 4.78 is 16.3. The van der Waals surface area contributed by atoms with E-state index in [1.165, 1.54) is 0 Å². The van der Waals surface area contributed by atoms with Gasteiger partial charge in [-0.2, -0.15) is 0 Å². The Balaban J connectivity index is 1.79. The maximum Gasteiger partial charge on any atom is 0.232 e. The monoisotopic (exact) mass is 321 g/mol. The molecule has 0 saturated heterocycles. The molecule has 5 nitrogen and oxygen atoms in total. The lowest BCUT2D eigenvalue weighted by molar-refractivity contribution is 0.101. The molecule has 0 radical (unpaired) electrons. The quantitative estimate of drug-likeness (QED) is 0.745. The van der Waals surface area contributed by atoms with Crippen molar-refractivity contribution in [1.82, 2.24) is 4.98 Å². The first-order chi connectivity index (χ1) is 11.7. The lowest BCUT2D eigenvalue weighted by atomic mass is 10.1. The highest BCUT2D eigenvalue weighted by atomic mass is 16.5. The van der Waals surface area contributed by atoms with Crippen LogP contribution < -0.4 is 14.2 Å². The number of hydrogen-bond acceptors (Lipinski definition) is 4. The number of carbonyl (C=O) groups is 1. The van der Waals surface area contributed by atoms with Gasteiger partial charge >= 0.3 is 0 Å². The van der Waals surface area contributed by atoms with E-state index in [4.69, 9.17) is 14.2 Å². The number of ether oxygens (including phenoxy) is 3. The highest BCUT2D eigenvalue weighted by molar-refractivity contribution is 6.15. The van der Waals surface area contributed by atoms with Gasteiger partial charge in [0.05, 0.1) is 19.8 Å². The largest absolute Gasteiger partial charge is 0.497 e. The summed E-state index contributed by atoms with van der Waals surface area (Å²) in [5, 5.41) is 0.959. The van der Waals surface area contributed by atoms with E-state index in [0.29, 0.717) is 17.1 Å². The number of hydrogen-bond donors (Lipinski definition) is 1. The molecule has 0 unspecified atom stereocenters. The minimum Gasteiger partial charge on any atom is -0.497 e. The van der Waals surface area contributed by atoms with Gasteiger partial charge < -0.3 is 19.2 Å². The van der Waals surface area contributed by atoms with Crippen molar-refractivity contribution >= 4 is 22.8 Å². The van der Waals surface area contributed by atoms with Gasteiger partial charge in [-0.1, -0.05) is 6.07 Å². The van der Waals surface area contributed by atoms with Crippen molar-refractivity contribution in [2.75, 3.05) is 14.2 Å². The number of aromatic amines is 1. The Morgan fingerprint density at radius 2 is 2.00 bits per heavy atom. The van der Waals surface area contributed by atoms with E-state index >= 15 is 0 Å². The highest BCUT2D eigenvalue weighted by Crippen LogP contribution is 2.40. The average Bonchev–Trinajstić information content (AvgIpc) is 3.16. The van der Waals surface area contributed by atoms with Gasteiger partial charge in [0, 0.05) is 22.7 Å². The lowest BCUT2D eigenvalue weighted by Crippen LogP contribution is -1.97. The molecule has 1 N–H and O–H groups in total. The predicted octanol–water partition coefficient (Wildman–Crippen LogP) is 3.80. The summed E-state index contributed by atoms with van der Waals surface area (Å²) in [4.78, 5) is 15.7. The summed E-state index contributed by atoms with van der Waals surface area (Å²) in [6, 6.07) is 11.0. The fourth-order valence-corrected chi connectivity index (χ4v) is 2.85. The molecule has 4 rings (SSSR count). The number of ketones is 1. The molecule has 1 aromatic heterocycles. The Morgan fingerprint density at radius 1 is 1.12 bits per heavy atom. The van der Waals surface area contributed by atoms with Crippen LogP contribution in [0.1, 0.15) is 15.9 Å². The van der Waals surface area contributed by atoms with Gasteiger partial charge in [-0.15, -0.1) is 0 Å². The van der Waals surface area contributed by atoms with E-state index in [1.54, 1.807) is 38.5 Å². The molecule has 3 aromatic rings. The van der Waals surface area contributed by atoms with Gasteiger partial charge in [0.2, 0.25) is 5.78 Å². The third-order valence-corrected chi connectivity index (χ3v) is 4.09. The third-order valence-electron chi connectivity index (χ3n) is 4.09. The third kappa shape index (κ3) is 2.13. The van der Waals surface area contributed by atoms with Crippen molar-refractivity contribution in [3.63, 3.8) is 0 Å². The first-order valence-corrected chi connectivity index (χ1v) is 7.47. The van der Waals surface area contributed by atoms with E-state index in [9.17, 15) is 4.79 Å². The van der Waals surface area contributed by atoms with Crippen LogP contribution in [0, 0.1) is 0 Å². The number of H-pyrrole nitrogens is 1. The first-order valence-electron chi connectivity index (χ1n) is 7.47. The van der Waals surface area contributed by atoms with Crippen LogP contribution in [0.4, 0.5) is 0 Å². The number of allylic oxidation sites excluding steroid dienone is 1. The van der Waals surface area contributed by atoms with E-state index in [-0.39, 0.29) is 11.5 Å². The summed E-state index contributed by atoms with van der Waals surface area (Å²) in [6.45, 7) is 0. The van der Waals surface area contributed by atoms with E-state index in [0.717, 1.165) is 22.2 Å². The van der Waals surface area contributed by atoms with Crippen molar-refractivity contribution in [2.24, 2.45) is 0 Å². The average molecular weight is 321 g/mol. The van der Waals surface area contributed by atoms with E-state index in [1.807, 2.05) is 24.4 Å². The van der Waals surface area contributed by atoms with Gasteiger partial charge in [0.25, 0.3) is 0 Å². The van der Waals surface area contributed by atoms with Gasteiger partial charge in [-0.05, 0) is 36.4 Å². The van der Waals surface area contributed by atoms with Gasteiger partial charge in [0.15, 0.2) is 17.3 Å². The Morgan fingerprint density at radius 3 is 2.79 bits per heavy atom. The van der Waals surface area contributed by atoms with Gasteiger partial charge in [0.1, 0.15) is 5.75 Å². The standard InChI is InChI=1S/C19H15NO4/c1-22-12-6-7-15-14(9-12)11(10-20-15)8-17-18(21)13-4-3-5-16(23-2)19(13)24-17/h3-10,20H,1-2H3. The molecule has 0 amide bonds. The van der Waals surface area contributed by atoms with Crippen molar-refractivity contribution in [2.45, 2.75) is 0 Å². The second-order valence-corrected chi connectivity index (χ2v) is 5.43. The molecule has 1 aliphatic rings. The molecule has 120 valence electrons. The summed E-state index contributed by atoms with van der Waals surface area (Å²) in [7, 11) is 3.18. The fourth-order valence-electron chi connectivity index (χ4n) is 2.85. The van der Waals surface area contributed by atoms with Crippen molar-refractivity contribution in [1.29, 1.82) is 0 Å². The summed E-state index contributed by atoms with van der Waals surface area (Å²) >= 11 is 0. The number of nitrogens with one attached hydrogen (secondary N) is 1. The molecule has 2 heterocycles. The van der Waals surface area contributed by atoms with Crippen LogP contribution in [0.5, 0.6) is 17.2 Å². The molecular weight excluding hydrogens is 306 g/mol. The Kier molecular flexibility index (Phi) is 3.27. The highest BCUT2D eigenvalue weighted by Gasteiger charge is 2.30. The zero-order chi connectivity index (χ0) is 16.7. The van der Waals surface area contributed by atoms with Crippen molar-refractivity contribution in [3.05, 3.63) is 59.5 Å². The molecule has 0 bridgehead atoms. The molecule has 1 aliphatic heterocycles. The number of fused-ring (bicyclic) bond motifs is 2. The second-order valence-electron chi connectivity index (χ2n) is 5.43. The van der Waals surface area contributed by atoms with Crippen molar-refractivity contribution < 1.29 is 19.0 Å². The topological polar surface area (TPSA) is 60.6 Å². The number of para-hydroxylation sites is 1. The minimum atomic E-state index is -0.152. The summed E-state index contributed by atoms with van der Waals surface area (Å²) in [6.07, 6.45) is 3.58. The fraction of sp³-hybridized carbons (Fsp3) is 0.105. The Bertz CT molecular complexity index is 984. The first kappa shape index (κ1) is 14.4. The summed E-state index contributed by atoms with van der Waals surface area (Å²) in [5.74, 6) is 1.89. The number of methoxy groups -OCH3 is 2. The second kappa shape index (κ2) is 5.45. The SMILES string of the molecule is COc1ccc2[nH]cc(C=C3Oc4c(OC)cccc4C3=O)c2c1. The Hall–Kier alpha value is -3.21. The van der Waals surface area contributed by atoms with Crippen LogP contribution in [-0.2, 0) is 0 Å². The number of carbonyl (C=O) groups excluding carboxylic acids is 1. The zero-order valence-corrected chi connectivity index (χ0v) is 13.3. The minimum absolute atomic E-state index is 0.152. The predicted molar refractivity (Wildman–Crippen MR) is 90.8 cm³/mol. The molecule has 24 heavy (non-hydrogen) atoms. The van der Waals surface area contributed by atoms with Gasteiger partial charge in [-0.25, -0.2) is 0 Å². The van der Waals surface area contributed by atoms with Crippen LogP contribution in [0.25, 0.3) is 17.0 Å². The molecule has 0 fully saturated rings. The van der Waals surface area contributed by atoms with E-state index in [2.05, 4.69) is 4.98 Å². The normalized spacial score (nSPS) is 14.8. The molecule has 0 spiro atoms. The molecular formula is C19H15NO4. The molecule has 2 aromatic carbocycles. The van der Waals surface area contributed by atoms with Crippen LogP contribution >= 0.6 is 0 Å². The molecule has 0 atom stereocenters. The number of benzene rings is 2.